The third-order valence-electron chi connectivity index (χ3n) is 6.96. The Morgan fingerprint density at radius 1 is 0.872 bits per heavy atom. The molecule has 0 radical (unpaired) electrons. The van der Waals surface area contributed by atoms with Gasteiger partial charge in [-0.15, -0.1) is 11.8 Å². The summed E-state index contributed by atoms with van der Waals surface area (Å²) in [5.74, 6) is 0.621. The molecular formula is C31H33Cl3N2O2S. The first-order valence-corrected chi connectivity index (χ1v) is 15.6. The molecule has 0 heterocycles. The van der Waals surface area contributed by atoms with Crippen LogP contribution in [-0.4, -0.2) is 34.6 Å². The van der Waals surface area contributed by atoms with E-state index in [4.69, 9.17) is 34.8 Å². The molecule has 0 unspecified atom stereocenters. The summed E-state index contributed by atoms with van der Waals surface area (Å²) in [5.41, 5.74) is 2.79. The van der Waals surface area contributed by atoms with Gasteiger partial charge in [-0.1, -0.05) is 103 Å². The summed E-state index contributed by atoms with van der Waals surface area (Å²) in [6.45, 7) is 0.210. The van der Waals surface area contributed by atoms with Crippen molar-refractivity contribution in [3.05, 3.63) is 105 Å². The van der Waals surface area contributed by atoms with Crippen LogP contribution in [0.1, 0.15) is 48.8 Å². The second-order valence-electron chi connectivity index (χ2n) is 9.93. The van der Waals surface area contributed by atoms with E-state index >= 15 is 0 Å². The van der Waals surface area contributed by atoms with Crippen LogP contribution < -0.4 is 5.32 Å². The molecule has 1 saturated carbocycles. The van der Waals surface area contributed by atoms with Crippen LogP contribution in [0.5, 0.6) is 0 Å². The van der Waals surface area contributed by atoms with Crippen molar-refractivity contribution in [3.8, 4) is 0 Å². The Bertz CT molecular complexity index is 1250. The van der Waals surface area contributed by atoms with Gasteiger partial charge < -0.3 is 10.2 Å². The Balaban J connectivity index is 1.59. The van der Waals surface area contributed by atoms with Crippen molar-refractivity contribution in [1.82, 2.24) is 10.2 Å². The van der Waals surface area contributed by atoms with E-state index < -0.39 is 6.04 Å². The summed E-state index contributed by atoms with van der Waals surface area (Å²) < 4.78 is 0. The Hall–Kier alpha value is -2.18. The third-order valence-corrected chi connectivity index (χ3v) is 8.77. The number of hydrogen-bond donors (Lipinski definition) is 1. The molecule has 1 atom stereocenters. The molecule has 2 amide bonds. The maximum atomic E-state index is 13.8. The predicted molar refractivity (Wildman–Crippen MR) is 164 cm³/mol. The average molecular weight is 604 g/mol. The van der Waals surface area contributed by atoms with E-state index in [2.05, 4.69) is 5.32 Å². The smallest absolute Gasteiger partial charge is 0.243 e. The Morgan fingerprint density at radius 3 is 2.31 bits per heavy atom. The summed E-state index contributed by atoms with van der Waals surface area (Å²) in [6.07, 6.45) is 5.76. The van der Waals surface area contributed by atoms with Gasteiger partial charge in [0.25, 0.3) is 0 Å². The van der Waals surface area contributed by atoms with Crippen molar-refractivity contribution in [1.29, 1.82) is 0 Å². The van der Waals surface area contributed by atoms with Gasteiger partial charge in [-0.2, -0.15) is 0 Å². The topological polar surface area (TPSA) is 49.4 Å². The molecule has 8 heteroatoms. The van der Waals surface area contributed by atoms with Crippen molar-refractivity contribution < 1.29 is 9.59 Å². The van der Waals surface area contributed by atoms with Crippen LogP contribution in [0.4, 0.5) is 0 Å². The molecule has 3 aromatic rings. The summed E-state index contributed by atoms with van der Waals surface area (Å²) in [7, 11) is 0. The van der Waals surface area contributed by atoms with Gasteiger partial charge in [0.1, 0.15) is 6.04 Å². The fourth-order valence-electron chi connectivity index (χ4n) is 4.90. The fourth-order valence-corrected chi connectivity index (χ4v) is 6.44. The number of thioether (sulfide) groups is 1. The van der Waals surface area contributed by atoms with Gasteiger partial charge in [-0.05, 0) is 53.8 Å². The highest BCUT2D eigenvalue weighted by atomic mass is 35.5. The molecule has 206 valence electrons. The molecular weight excluding hydrogens is 571 g/mol. The number of nitrogens with zero attached hydrogens (tertiary/aromatic N) is 1. The molecule has 3 aromatic carbocycles. The Kier molecular flexibility index (Phi) is 11.5. The highest BCUT2D eigenvalue weighted by Gasteiger charge is 2.32. The van der Waals surface area contributed by atoms with Crippen molar-refractivity contribution in [2.24, 2.45) is 0 Å². The second-order valence-corrected chi connectivity index (χ2v) is 12.2. The lowest BCUT2D eigenvalue weighted by atomic mass is 9.94. The molecule has 4 rings (SSSR count). The molecule has 0 spiro atoms. The summed E-state index contributed by atoms with van der Waals surface area (Å²) >= 11 is 20.3. The molecule has 4 nitrogen and oxygen atoms in total. The average Bonchev–Trinajstić information content (AvgIpc) is 2.93. The van der Waals surface area contributed by atoms with Gasteiger partial charge in [0, 0.05) is 39.8 Å². The van der Waals surface area contributed by atoms with Crippen LogP contribution in [0, 0.1) is 0 Å². The summed E-state index contributed by atoms with van der Waals surface area (Å²) in [5, 5.41) is 4.92. The highest BCUT2D eigenvalue weighted by Crippen LogP contribution is 2.26. The number of rotatable bonds is 11. The third kappa shape index (κ3) is 9.18. The number of hydrogen-bond acceptors (Lipinski definition) is 3. The van der Waals surface area contributed by atoms with E-state index in [1.807, 2.05) is 60.7 Å². The maximum Gasteiger partial charge on any atom is 0.243 e. The van der Waals surface area contributed by atoms with Crippen LogP contribution in [0.2, 0.25) is 15.1 Å². The normalized spacial score (nSPS) is 14.5. The Morgan fingerprint density at radius 2 is 1.59 bits per heavy atom. The molecule has 1 aliphatic carbocycles. The molecule has 0 aromatic heterocycles. The van der Waals surface area contributed by atoms with Gasteiger partial charge in [0.2, 0.25) is 11.8 Å². The van der Waals surface area contributed by atoms with Crippen molar-refractivity contribution >= 4 is 58.4 Å². The molecule has 0 saturated heterocycles. The van der Waals surface area contributed by atoms with Gasteiger partial charge in [0.05, 0.1) is 5.75 Å². The monoisotopic (exact) mass is 602 g/mol. The lowest BCUT2D eigenvalue weighted by Gasteiger charge is -2.33. The summed E-state index contributed by atoms with van der Waals surface area (Å²) in [6, 6.07) is 22.2. The van der Waals surface area contributed by atoms with Crippen LogP contribution in [-0.2, 0) is 28.3 Å². The van der Waals surface area contributed by atoms with E-state index in [-0.39, 0.29) is 30.2 Å². The maximum absolute atomic E-state index is 13.8. The molecule has 1 fully saturated rings. The number of carbonyl (C=O) groups excluding carboxylic acids is 2. The van der Waals surface area contributed by atoms with E-state index in [9.17, 15) is 9.59 Å². The fraction of sp³-hybridized carbons (Fsp3) is 0.355. The van der Waals surface area contributed by atoms with Gasteiger partial charge >= 0.3 is 0 Å². The zero-order valence-corrected chi connectivity index (χ0v) is 24.8. The minimum Gasteiger partial charge on any atom is -0.352 e. The molecule has 1 N–H and O–H groups in total. The van der Waals surface area contributed by atoms with E-state index in [1.165, 1.54) is 18.2 Å². The molecule has 0 bridgehead atoms. The first-order chi connectivity index (χ1) is 18.9. The SMILES string of the molecule is O=C(NC1CCCCC1)[C@H](Cc1ccccc1)N(Cc1ccc(Cl)cc1Cl)C(=O)CSCc1cccc(Cl)c1. The minimum atomic E-state index is -0.680. The lowest BCUT2D eigenvalue weighted by Crippen LogP contribution is -2.53. The van der Waals surface area contributed by atoms with E-state index in [0.717, 1.165) is 42.4 Å². The first-order valence-electron chi connectivity index (χ1n) is 13.3. The van der Waals surface area contributed by atoms with E-state index in [1.54, 1.807) is 17.0 Å². The van der Waals surface area contributed by atoms with Crippen molar-refractivity contribution in [2.75, 3.05) is 5.75 Å². The molecule has 1 aliphatic rings. The minimum absolute atomic E-state index is 0.118. The summed E-state index contributed by atoms with van der Waals surface area (Å²) in [4.78, 5) is 29.4. The standard InChI is InChI=1S/C31H33Cl3N2O2S/c32-25-11-7-10-23(16-25)20-39-21-30(37)36(19-24-14-15-26(33)18-28(24)34)29(17-22-8-3-1-4-9-22)31(38)35-27-12-5-2-6-13-27/h1,3-4,7-11,14-16,18,27,29H,2,5-6,12-13,17,19-21H2,(H,35,38)/t29-/m0/s1. The van der Waals surface area contributed by atoms with Crippen molar-refractivity contribution in [3.63, 3.8) is 0 Å². The zero-order chi connectivity index (χ0) is 27.6. The number of halogens is 3. The number of benzene rings is 3. The van der Waals surface area contributed by atoms with Crippen LogP contribution in [0.15, 0.2) is 72.8 Å². The number of nitrogens with one attached hydrogen (secondary N) is 1. The van der Waals surface area contributed by atoms with Crippen molar-refractivity contribution in [2.45, 2.75) is 62.9 Å². The van der Waals surface area contributed by atoms with Gasteiger partial charge in [-0.25, -0.2) is 0 Å². The number of carbonyl (C=O) groups is 2. The van der Waals surface area contributed by atoms with Gasteiger partial charge in [0.15, 0.2) is 0 Å². The Labute approximate surface area is 250 Å². The molecule has 39 heavy (non-hydrogen) atoms. The van der Waals surface area contributed by atoms with Gasteiger partial charge in [-0.3, -0.25) is 9.59 Å². The second kappa shape index (κ2) is 15.0. The van der Waals surface area contributed by atoms with Crippen LogP contribution in [0.3, 0.4) is 0 Å². The van der Waals surface area contributed by atoms with E-state index in [0.29, 0.717) is 27.2 Å². The molecule has 0 aliphatic heterocycles. The first kappa shape index (κ1) is 29.8. The quantitative estimate of drug-likeness (QED) is 0.242. The van der Waals surface area contributed by atoms with Crippen LogP contribution >= 0.6 is 46.6 Å². The zero-order valence-electron chi connectivity index (χ0n) is 21.8. The largest absolute Gasteiger partial charge is 0.352 e. The predicted octanol–water partition coefficient (Wildman–Crippen LogP) is 7.97. The lowest BCUT2D eigenvalue weighted by molar-refractivity contribution is -0.139. The number of amides is 2. The highest BCUT2D eigenvalue weighted by molar-refractivity contribution is 7.99. The van der Waals surface area contributed by atoms with Crippen LogP contribution in [0.25, 0.3) is 0 Å².